The van der Waals surface area contributed by atoms with Gasteiger partial charge < -0.3 is 15.4 Å². The van der Waals surface area contributed by atoms with Crippen LogP contribution in [0, 0.1) is 0 Å². The Morgan fingerprint density at radius 2 is 2.13 bits per heavy atom. The lowest BCUT2D eigenvalue weighted by atomic mass is 10.4. The van der Waals surface area contributed by atoms with Gasteiger partial charge in [0, 0.05) is 31.1 Å². The van der Waals surface area contributed by atoms with Crippen LogP contribution >= 0.6 is 35.3 Å². The van der Waals surface area contributed by atoms with Gasteiger partial charge in [-0.25, -0.2) is 8.42 Å². The normalized spacial score (nSPS) is 19.4. The number of sulfonamides is 1. The fourth-order valence-electron chi connectivity index (χ4n) is 2.33. The van der Waals surface area contributed by atoms with Crippen molar-refractivity contribution in [1.29, 1.82) is 0 Å². The molecule has 0 saturated carbocycles. The molecule has 0 bridgehead atoms. The average Bonchev–Trinajstić information content (AvgIpc) is 3.04. The zero-order valence-electron chi connectivity index (χ0n) is 12.7. The summed E-state index contributed by atoms with van der Waals surface area (Å²) in [6, 6.07) is 3.54. The number of nitrogens with zero attached hydrogens (tertiary/aromatic N) is 2. The van der Waals surface area contributed by atoms with Crippen molar-refractivity contribution >= 4 is 51.3 Å². The van der Waals surface area contributed by atoms with Gasteiger partial charge >= 0.3 is 0 Å². The maximum Gasteiger partial charge on any atom is 0.252 e. The summed E-state index contributed by atoms with van der Waals surface area (Å²) in [4.78, 5) is 5.31. The number of aliphatic imine (C=N–C) groups is 1. The topological polar surface area (TPSA) is 83.0 Å². The Kier molecular flexibility index (Phi) is 7.07. The van der Waals surface area contributed by atoms with E-state index in [4.69, 9.17) is 4.74 Å². The molecule has 1 fully saturated rings. The van der Waals surface area contributed by atoms with E-state index in [1.165, 1.54) is 15.6 Å². The van der Waals surface area contributed by atoms with Gasteiger partial charge in [0.05, 0.1) is 19.8 Å². The molecule has 3 heterocycles. The summed E-state index contributed by atoms with van der Waals surface area (Å²) >= 11 is 1.31. The highest BCUT2D eigenvalue weighted by atomic mass is 127. The quantitative estimate of drug-likeness (QED) is 0.635. The minimum absolute atomic E-state index is 0. The Labute approximate surface area is 157 Å². The molecule has 1 saturated heterocycles. The predicted octanol–water partition coefficient (Wildman–Crippen LogP) is 0.826. The fourth-order valence-corrected chi connectivity index (χ4v) is 5.19. The van der Waals surface area contributed by atoms with Crippen LogP contribution in [0.1, 0.15) is 11.3 Å². The zero-order chi connectivity index (χ0) is 15.4. The van der Waals surface area contributed by atoms with Gasteiger partial charge in [0.1, 0.15) is 4.21 Å². The van der Waals surface area contributed by atoms with E-state index in [-0.39, 0.29) is 24.0 Å². The molecule has 2 aliphatic heterocycles. The number of hydrogen-bond donors (Lipinski definition) is 2. The summed E-state index contributed by atoms with van der Waals surface area (Å²) in [5, 5.41) is 6.38. The van der Waals surface area contributed by atoms with E-state index >= 15 is 0 Å². The van der Waals surface area contributed by atoms with Crippen LogP contribution in [-0.2, 0) is 21.3 Å². The van der Waals surface area contributed by atoms with Crippen molar-refractivity contribution in [1.82, 2.24) is 14.9 Å². The Morgan fingerprint density at radius 1 is 1.35 bits per heavy atom. The molecule has 0 aliphatic carbocycles. The summed E-state index contributed by atoms with van der Waals surface area (Å²) in [7, 11) is -3.39. The molecule has 0 spiro atoms. The second-order valence-corrected chi connectivity index (χ2v) is 8.43. The van der Waals surface area contributed by atoms with Crippen molar-refractivity contribution < 1.29 is 13.2 Å². The lowest BCUT2D eigenvalue weighted by molar-refractivity contribution is 0.0731. The van der Waals surface area contributed by atoms with Crippen molar-refractivity contribution in [2.24, 2.45) is 4.99 Å². The maximum absolute atomic E-state index is 12.5. The Hall–Kier alpha value is -0.430. The zero-order valence-corrected chi connectivity index (χ0v) is 16.6. The minimum atomic E-state index is -3.39. The molecule has 0 unspecified atom stereocenters. The number of rotatable bonds is 4. The van der Waals surface area contributed by atoms with Gasteiger partial charge in [-0.3, -0.25) is 4.99 Å². The third-order valence-corrected chi connectivity index (χ3v) is 6.98. The first-order valence-electron chi connectivity index (χ1n) is 7.35. The number of morpholine rings is 1. The lowest BCUT2D eigenvalue weighted by Crippen LogP contribution is -2.40. The number of ether oxygens (including phenoxy) is 1. The number of hydrogen-bond acceptors (Lipinski definition) is 7. The second kappa shape index (κ2) is 8.60. The van der Waals surface area contributed by atoms with Gasteiger partial charge in [-0.05, 0) is 18.6 Å². The third-order valence-electron chi connectivity index (χ3n) is 3.53. The third kappa shape index (κ3) is 4.78. The SMILES string of the molecule is I.O=S(=O)(c1ccc(CNC2=NCCCN2)s1)N1CCOCC1. The molecule has 1 aromatic rings. The number of nitrogens with one attached hydrogen (secondary N) is 2. The van der Waals surface area contributed by atoms with Crippen LogP contribution in [0.5, 0.6) is 0 Å². The Balaban J connectivity index is 0.00000192. The van der Waals surface area contributed by atoms with Crippen LogP contribution in [0.15, 0.2) is 21.3 Å². The molecule has 23 heavy (non-hydrogen) atoms. The Bertz CT molecular complexity index is 641. The Morgan fingerprint density at radius 3 is 2.83 bits per heavy atom. The summed E-state index contributed by atoms with van der Waals surface area (Å²) in [5.41, 5.74) is 0. The van der Waals surface area contributed by atoms with Gasteiger partial charge in [0.2, 0.25) is 0 Å². The first kappa shape index (κ1) is 18.9. The molecule has 130 valence electrons. The van der Waals surface area contributed by atoms with Crippen molar-refractivity contribution in [2.45, 2.75) is 17.2 Å². The summed E-state index contributed by atoms with van der Waals surface area (Å²) < 4.78 is 32.2. The van der Waals surface area contributed by atoms with Crippen molar-refractivity contribution in [3.8, 4) is 0 Å². The lowest BCUT2D eigenvalue weighted by Gasteiger charge is -2.25. The van der Waals surface area contributed by atoms with Crippen LogP contribution < -0.4 is 10.6 Å². The van der Waals surface area contributed by atoms with Crippen LogP contribution in [0.4, 0.5) is 0 Å². The van der Waals surface area contributed by atoms with E-state index in [0.29, 0.717) is 37.1 Å². The van der Waals surface area contributed by atoms with E-state index in [1.807, 2.05) is 6.07 Å². The van der Waals surface area contributed by atoms with Crippen LogP contribution in [0.3, 0.4) is 0 Å². The van der Waals surface area contributed by atoms with E-state index in [1.54, 1.807) is 6.07 Å². The highest BCUT2D eigenvalue weighted by Crippen LogP contribution is 2.25. The highest BCUT2D eigenvalue weighted by Gasteiger charge is 2.27. The van der Waals surface area contributed by atoms with Gasteiger partial charge in [-0.1, -0.05) is 0 Å². The summed E-state index contributed by atoms with van der Waals surface area (Å²) in [6.07, 6.45) is 1.05. The molecule has 10 heteroatoms. The monoisotopic (exact) mass is 472 g/mol. The van der Waals surface area contributed by atoms with E-state index < -0.39 is 10.0 Å². The van der Waals surface area contributed by atoms with Crippen molar-refractivity contribution in [3.05, 3.63) is 17.0 Å². The first-order valence-corrected chi connectivity index (χ1v) is 9.61. The molecular weight excluding hydrogens is 451 g/mol. The number of guanidine groups is 1. The average molecular weight is 472 g/mol. The predicted molar refractivity (Wildman–Crippen MR) is 101 cm³/mol. The smallest absolute Gasteiger partial charge is 0.252 e. The second-order valence-electron chi connectivity index (χ2n) is 5.10. The minimum Gasteiger partial charge on any atom is -0.379 e. The molecule has 7 nitrogen and oxygen atoms in total. The summed E-state index contributed by atoms with van der Waals surface area (Å²) in [5.74, 6) is 0.789. The standard InChI is InChI=1S/C13H20N4O3S2.HI/c18-22(19,17-6-8-20-9-7-17)12-3-2-11(21-12)10-16-13-14-4-1-5-15-13;/h2-3H,1,4-10H2,(H2,14,15,16);1H. The first-order chi connectivity index (χ1) is 10.7. The largest absolute Gasteiger partial charge is 0.379 e. The molecule has 1 aromatic heterocycles. The van der Waals surface area contributed by atoms with E-state index in [9.17, 15) is 8.42 Å². The van der Waals surface area contributed by atoms with E-state index in [2.05, 4.69) is 15.6 Å². The molecule has 0 amide bonds. The maximum atomic E-state index is 12.5. The summed E-state index contributed by atoms with van der Waals surface area (Å²) in [6.45, 7) is 4.11. The van der Waals surface area contributed by atoms with Gasteiger partial charge in [0.25, 0.3) is 10.0 Å². The number of halogens is 1. The molecule has 3 rings (SSSR count). The fraction of sp³-hybridized carbons (Fsp3) is 0.615. The van der Waals surface area contributed by atoms with Crippen LogP contribution in [0.25, 0.3) is 0 Å². The molecular formula is C13H21IN4O3S2. The highest BCUT2D eigenvalue weighted by molar-refractivity contribution is 14.0. The molecule has 2 aliphatic rings. The molecule has 0 radical (unpaired) electrons. The van der Waals surface area contributed by atoms with Crippen LogP contribution in [-0.4, -0.2) is 58.1 Å². The van der Waals surface area contributed by atoms with E-state index in [0.717, 1.165) is 30.3 Å². The van der Waals surface area contributed by atoms with Gasteiger partial charge in [0.15, 0.2) is 5.96 Å². The molecule has 2 N–H and O–H groups in total. The number of thiophene rings is 1. The van der Waals surface area contributed by atoms with Crippen molar-refractivity contribution in [3.63, 3.8) is 0 Å². The molecule has 0 atom stereocenters. The van der Waals surface area contributed by atoms with Crippen molar-refractivity contribution in [2.75, 3.05) is 39.4 Å². The van der Waals surface area contributed by atoms with Gasteiger partial charge in [-0.2, -0.15) is 4.31 Å². The molecule has 0 aromatic carbocycles. The van der Waals surface area contributed by atoms with Gasteiger partial charge in [-0.15, -0.1) is 35.3 Å². The van der Waals surface area contributed by atoms with Crippen LogP contribution in [0.2, 0.25) is 0 Å².